The fraction of sp³-hybridized carbons (Fsp3) is 0.357. The molecule has 3 rings (SSSR count). The molecule has 0 radical (unpaired) electrons. The van der Waals surface area contributed by atoms with Crippen molar-refractivity contribution in [3.63, 3.8) is 0 Å². The van der Waals surface area contributed by atoms with Crippen molar-refractivity contribution in [3.05, 3.63) is 77.3 Å². The fourth-order valence-corrected chi connectivity index (χ4v) is 4.04. The highest BCUT2D eigenvalue weighted by atomic mass is 19.1. The van der Waals surface area contributed by atoms with Crippen LogP contribution < -0.4 is 10.2 Å². The molecule has 0 saturated carbocycles. The predicted octanol–water partition coefficient (Wildman–Crippen LogP) is 6.35. The molecule has 2 N–H and O–H groups in total. The van der Waals surface area contributed by atoms with E-state index in [1.807, 2.05) is 26.0 Å². The number of benzene rings is 2. The first-order valence-electron chi connectivity index (χ1n) is 11.8. The SMILES string of the molecule is C=C(Nc1ccc(C(C)C)cc1N1CCN(C(C=N)=N/C=C\C)CC1)c1cc(C)c(C)c(F)c1. The maximum atomic E-state index is 14.3. The predicted molar refractivity (Wildman–Crippen MR) is 144 cm³/mol. The van der Waals surface area contributed by atoms with Crippen molar-refractivity contribution in [2.24, 2.45) is 4.99 Å². The third kappa shape index (κ3) is 5.74. The second-order valence-corrected chi connectivity index (χ2v) is 9.02. The van der Waals surface area contributed by atoms with E-state index >= 15 is 0 Å². The van der Waals surface area contributed by atoms with Crippen LogP contribution in [-0.4, -0.2) is 43.1 Å². The van der Waals surface area contributed by atoms with E-state index in [4.69, 9.17) is 5.41 Å². The molecule has 180 valence electrons. The van der Waals surface area contributed by atoms with Gasteiger partial charge in [0.1, 0.15) is 11.7 Å². The minimum Gasteiger partial charge on any atom is -0.366 e. The summed E-state index contributed by atoms with van der Waals surface area (Å²) in [6, 6.07) is 9.98. The van der Waals surface area contributed by atoms with E-state index in [1.165, 1.54) is 11.8 Å². The topological polar surface area (TPSA) is 54.7 Å². The molecule has 0 unspecified atom stereocenters. The van der Waals surface area contributed by atoms with E-state index in [0.29, 0.717) is 23.0 Å². The van der Waals surface area contributed by atoms with Gasteiger partial charge in [0.2, 0.25) is 0 Å². The lowest BCUT2D eigenvalue weighted by molar-refractivity contribution is 0.390. The molecule has 0 aliphatic carbocycles. The van der Waals surface area contributed by atoms with Crippen LogP contribution in [0.1, 0.15) is 48.9 Å². The van der Waals surface area contributed by atoms with E-state index in [1.54, 1.807) is 19.2 Å². The zero-order valence-electron chi connectivity index (χ0n) is 21.0. The summed E-state index contributed by atoms with van der Waals surface area (Å²) in [5.74, 6) is 0.867. The standard InChI is InChI=1S/C28H36FN5/c1-7-10-31-28(18-30)34-13-11-33(12-14-34)27-17-23(19(2)3)8-9-26(27)32-22(6)24-15-20(4)21(5)25(29)16-24/h7-10,15-19,30,32H,6,11-14H2,1-5H3/b10-7-,30-18?,31-28?. The Labute approximate surface area is 203 Å². The molecule has 0 atom stereocenters. The Balaban J connectivity index is 1.85. The number of aliphatic imine (C=N–C) groups is 1. The Morgan fingerprint density at radius 3 is 2.44 bits per heavy atom. The molecule has 0 bridgehead atoms. The van der Waals surface area contributed by atoms with Gasteiger partial charge in [-0.3, -0.25) is 0 Å². The van der Waals surface area contributed by atoms with Crippen LogP contribution in [0.5, 0.6) is 0 Å². The molecular formula is C28H36FN5. The second-order valence-electron chi connectivity index (χ2n) is 9.02. The van der Waals surface area contributed by atoms with Crippen LogP contribution in [0.25, 0.3) is 5.70 Å². The van der Waals surface area contributed by atoms with Crippen LogP contribution in [-0.2, 0) is 0 Å². The molecule has 2 aromatic rings. The van der Waals surface area contributed by atoms with Crippen molar-refractivity contribution in [1.29, 1.82) is 5.41 Å². The van der Waals surface area contributed by atoms with Gasteiger partial charge in [0.05, 0.1) is 17.6 Å². The molecule has 1 fully saturated rings. The summed E-state index contributed by atoms with van der Waals surface area (Å²) in [5.41, 5.74) is 6.32. The van der Waals surface area contributed by atoms with Gasteiger partial charge >= 0.3 is 0 Å². The molecule has 0 amide bonds. The minimum atomic E-state index is -0.217. The zero-order chi connectivity index (χ0) is 24.8. The van der Waals surface area contributed by atoms with Gasteiger partial charge < -0.3 is 20.5 Å². The summed E-state index contributed by atoms with van der Waals surface area (Å²) in [4.78, 5) is 8.87. The highest BCUT2D eigenvalue weighted by molar-refractivity contribution is 6.28. The van der Waals surface area contributed by atoms with Gasteiger partial charge in [-0.2, -0.15) is 0 Å². The number of rotatable bonds is 7. The Morgan fingerprint density at radius 1 is 1.15 bits per heavy atom. The molecule has 1 heterocycles. The lowest BCUT2D eigenvalue weighted by Crippen LogP contribution is -2.49. The average Bonchev–Trinajstić information content (AvgIpc) is 2.83. The third-order valence-electron chi connectivity index (χ3n) is 6.36. The zero-order valence-corrected chi connectivity index (χ0v) is 21.0. The summed E-state index contributed by atoms with van der Waals surface area (Å²) >= 11 is 0. The normalized spacial score (nSPS) is 14.7. The Morgan fingerprint density at radius 2 is 1.85 bits per heavy atom. The monoisotopic (exact) mass is 461 g/mol. The minimum absolute atomic E-state index is 0.217. The lowest BCUT2D eigenvalue weighted by Gasteiger charge is -2.38. The van der Waals surface area contributed by atoms with Crippen molar-refractivity contribution in [3.8, 4) is 0 Å². The number of halogens is 1. The van der Waals surface area contributed by atoms with Gasteiger partial charge in [-0.05, 0) is 67.6 Å². The van der Waals surface area contributed by atoms with Crippen molar-refractivity contribution in [2.45, 2.75) is 40.5 Å². The van der Waals surface area contributed by atoms with Gasteiger partial charge in [0.25, 0.3) is 0 Å². The number of nitrogens with zero attached hydrogens (tertiary/aromatic N) is 3. The Kier molecular flexibility index (Phi) is 8.26. The number of piperazine rings is 1. The number of hydrogen-bond donors (Lipinski definition) is 2. The summed E-state index contributed by atoms with van der Waals surface area (Å²) in [6.07, 6.45) is 4.90. The maximum Gasteiger partial charge on any atom is 0.146 e. The van der Waals surface area contributed by atoms with E-state index in [-0.39, 0.29) is 5.82 Å². The third-order valence-corrected chi connectivity index (χ3v) is 6.36. The van der Waals surface area contributed by atoms with Gasteiger partial charge in [-0.1, -0.05) is 32.6 Å². The van der Waals surface area contributed by atoms with Crippen LogP contribution in [0.4, 0.5) is 15.8 Å². The number of hydrogen-bond acceptors (Lipinski definition) is 4. The highest BCUT2D eigenvalue weighted by Crippen LogP contribution is 2.33. The summed E-state index contributed by atoms with van der Waals surface area (Å²) in [7, 11) is 0. The Bertz CT molecular complexity index is 1080. The second kappa shape index (κ2) is 11.1. The molecule has 34 heavy (non-hydrogen) atoms. The largest absolute Gasteiger partial charge is 0.366 e. The van der Waals surface area contributed by atoms with Crippen LogP contribution in [0, 0.1) is 25.1 Å². The van der Waals surface area contributed by atoms with Gasteiger partial charge in [0, 0.05) is 43.6 Å². The molecule has 5 nitrogen and oxygen atoms in total. The van der Waals surface area contributed by atoms with Crippen molar-refractivity contribution < 1.29 is 4.39 Å². The molecule has 2 aromatic carbocycles. The lowest BCUT2D eigenvalue weighted by atomic mass is 10.0. The van der Waals surface area contributed by atoms with E-state index in [9.17, 15) is 4.39 Å². The van der Waals surface area contributed by atoms with E-state index < -0.39 is 0 Å². The van der Waals surface area contributed by atoms with Crippen molar-refractivity contribution in [2.75, 3.05) is 36.4 Å². The molecule has 1 aliphatic rings. The van der Waals surface area contributed by atoms with Crippen LogP contribution in [0.15, 0.2) is 54.2 Å². The fourth-order valence-electron chi connectivity index (χ4n) is 4.04. The van der Waals surface area contributed by atoms with Crippen LogP contribution in [0.2, 0.25) is 0 Å². The van der Waals surface area contributed by atoms with Crippen LogP contribution >= 0.6 is 0 Å². The smallest absolute Gasteiger partial charge is 0.146 e. The molecule has 0 aromatic heterocycles. The van der Waals surface area contributed by atoms with Crippen molar-refractivity contribution >= 4 is 29.1 Å². The molecule has 0 spiro atoms. The molecule has 1 aliphatic heterocycles. The van der Waals surface area contributed by atoms with Gasteiger partial charge in [0.15, 0.2) is 0 Å². The average molecular weight is 462 g/mol. The number of nitrogens with one attached hydrogen (secondary N) is 2. The highest BCUT2D eigenvalue weighted by Gasteiger charge is 2.22. The summed E-state index contributed by atoms with van der Waals surface area (Å²) in [6.45, 7) is 17.4. The number of allylic oxidation sites excluding steroid dienone is 1. The number of aryl methyl sites for hydroxylation is 1. The van der Waals surface area contributed by atoms with Crippen molar-refractivity contribution in [1.82, 2.24) is 4.90 Å². The summed E-state index contributed by atoms with van der Waals surface area (Å²) in [5, 5.41) is 11.2. The summed E-state index contributed by atoms with van der Waals surface area (Å²) < 4.78 is 14.3. The van der Waals surface area contributed by atoms with E-state index in [2.05, 4.69) is 58.7 Å². The van der Waals surface area contributed by atoms with Gasteiger partial charge in [-0.25, -0.2) is 9.38 Å². The van der Waals surface area contributed by atoms with E-state index in [0.717, 1.165) is 48.7 Å². The first kappa shape index (κ1) is 25.2. The first-order valence-corrected chi connectivity index (χ1v) is 11.8. The maximum absolute atomic E-state index is 14.3. The first-order chi connectivity index (χ1) is 16.2. The Hall–Kier alpha value is -3.41. The quantitative estimate of drug-likeness (QED) is 0.373. The molecular weight excluding hydrogens is 425 g/mol. The molecule has 1 saturated heterocycles. The van der Waals surface area contributed by atoms with Gasteiger partial charge in [-0.15, -0.1) is 0 Å². The van der Waals surface area contributed by atoms with Crippen LogP contribution in [0.3, 0.4) is 0 Å². The molecule has 6 heteroatoms. The number of amidine groups is 1. The number of anilines is 2.